The van der Waals surface area contributed by atoms with Crippen molar-refractivity contribution in [2.24, 2.45) is 5.92 Å². The van der Waals surface area contributed by atoms with Crippen molar-refractivity contribution in [3.05, 3.63) is 65.7 Å². The van der Waals surface area contributed by atoms with Crippen LogP contribution in [0, 0.1) is 5.92 Å². The summed E-state index contributed by atoms with van der Waals surface area (Å²) in [5.74, 6) is -0.111. The number of benzene rings is 2. The Morgan fingerprint density at radius 1 is 1.14 bits per heavy atom. The lowest BCUT2D eigenvalue weighted by molar-refractivity contribution is -0.0832. The van der Waals surface area contributed by atoms with Crippen LogP contribution in [0.1, 0.15) is 15.9 Å². The first-order valence-corrected chi connectivity index (χ1v) is 9.28. The molecule has 0 spiro atoms. The van der Waals surface area contributed by atoms with E-state index in [2.05, 4.69) is 0 Å². The molecule has 2 aromatic rings. The third kappa shape index (κ3) is 3.58. The van der Waals surface area contributed by atoms with E-state index < -0.39 is 18.2 Å². The summed E-state index contributed by atoms with van der Waals surface area (Å²) in [6, 6.07) is 16.5. The fourth-order valence-electron chi connectivity index (χ4n) is 3.67. The Morgan fingerprint density at radius 2 is 1.89 bits per heavy atom. The molecule has 0 bridgehead atoms. The molecule has 2 aromatic carbocycles. The molecular weight excluding hydrogens is 360 g/mol. The Balaban J connectivity index is 1.56. The highest BCUT2D eigenvalue weighted by Crippen LogP contribution is 2.35. The van der Waals surface area contributed by atoms with E-state index in [4.69, 9.17) is 9.47 Å². The molecule has 4 rings (SSSR count). The van der Waals surface area contributed by atoms with Crippen LogP contribution in [0.25, 0.3) is 0 Å². The van der Waals surface area contributed by atoms with Gasteiger partial charge in [-0.1, -0.05) is 42.5 Å². The standard InChI is InChI=1S/C21H22N2O5/c24-11-10-22-12-17-19(25)16-8-4-5-9-18(16)28-20(17)23(14-22)21(26)27-13-15-6-2-1-3-7-15/h1-9,17,20,24H,10-14H2. The zero-order chi connectivity index (χ0) is 19.5. The van der Waals surface area contributed by atoms with Crippen molar-refractivity contribution in [1.29, 1.82) is 0 Å². The lowest BCUT2D eigenvalue weighted by atomic mass is 9.90. The lowest BCUT2D eigenvalue weighted by Crippen LogP contribution is -2.63. The quantitative estimate of drug-likeness (QED) is 0.873. The zero-order valence-electron chi connectivity index (χ0n) is 15.4. The highest BCUT2D eigenvalue weighted by atomic mass is 16.6. The minimum atomic E-state index is -0.722. The fraction of sp³-hybridized carbons (Fsp3) is 0.333. The smallest absolute Gasteiger partial charge is 0.414 e. The molecule has 2 aliphatic rings. The molecule has 146 valence electrons. The van der Waals surface area contributed by atoms with Crippen LogP contribution in [0.3, 0.4) is 0 Å². The largest absolute Gasteiger partial charge is 0.469 e. The highest BCUT2D eigenvalue weighted by Gasteiger charge is 2.47. The second-order valence-corrected chi connectivity index (χ2v) is 6.93. The molecular formula is C21H22N2O5. The van der Waals surface area contributed by atoms with Crippen LogP contribution >= 0.6 is 0 Å². The van der Waals surface area contributed by atoms with E-state index in [1.54, 1.807) is 24.3 Å². The molecule has 2 aliphatic heterocycles. The molecule has 7 heteroatoms. The van der Waals surface area contributed by atoms with Gasteiger partial charge in [0.2, 0.25) is 0 Å². The Kier molecular flexibility index (Phi) is 5.27. The number of β-amino-alcohol motifs (C(OH)–C–C–N with tert-alkyl or cyclic N) is 1. The van der Waals surface area contributed by atoms with Crippen LogP contribution in [0.2, 0.25) is 0 Å². The summed E-state index contributed by atoms with van der Waals surface area (Å²) in [5.41, 5.74) is 1.40. The second-order valence-electron chi connectivity index (χ2n) is 6.93. The summed E-state index contributed by atoms with van der Waals surface area (Å²) in [7, 11) is 0. The van der Waals surface area contributed by atoms with E-state index in [9.17, 15) is 14.7 Å². The SMILES string of the molecule is O=C1c2ccccc2OC2C1CN(CCO)CN2C(=O)OCc1ccccc1. The summed E-state index contributed by atoms with van der Waals surface area (Å²) in [4.78, 5) is 29.1. The van der Waals surface area contributed by atoms with Crippen molar-refractivity contribution in [2.75, 3.05) is 26.4 Å². The lowest BCUT2D eigenvalue weighted by Gasteiger charge is -2.46. The van der Waals surface area contributed by atoms with Gasteiger partial charge in [-0.3, -0.25) is 14.6 Å². The third-order valence-electron chi connectivity index (χ3n) is 5.05. The maximum Gasteiger partial charge on any atom is 0.414 e. The monoisotopic (exact) mass is 382 g/mol. The molecule has 7 nitrogen and oxygen atoms in total. The van der Waals surface area contributed by atoms with Gasteiger partial charge in [0.15, 0.2) is 12.0 Å². The van der Waals surface area contributed by atoms with Crippen molar-refractivity contribution < 1.29 is 24.2 Å². The number of Topliss-reactive ketones (excluding diaryl/α,β-unsaturated/α-hetero) is 1. The zero-order valence-corrected chi connectivity index (χ0v) is 15.4. The van der Waals surface area contributed by atoms with E-state index in [1.807, 2.05) is 35.2 Å². The fourth-order valence-corrected chi connectivity index (χ4v) is 3.67. The second kappa shape index (κ2) is 8.00. The van der Waals surface area contributed by atoms with Gasteiger partial charge in [0, 0.05) is 13.1 Å². The first kappa shape index (κ1) is 18.5. The number of hydrogen-bond donors (Lipinski definition) is 1. The molecule has 2 heterocycles. The van der Waals surface area contributed by atoms with Gasteiger partial charge in [-0.05, 0) is 17.7 Å². The molecule has 0 aromatic heterocycles. The minimum Gasteiger partial charge on any atom is -0.469 e. The number of para-hydroxylation sites is 1. The highest BCUT2D eigenvalue weighted by molar-refractivity contribution is 6.02. The number of carbonyl (C=O) groups is 2. The Bertz CT molecular complexity index is 857. The molecule has 0 radical (unpaired) electrons. The number of amides is 1. The summed E-state index contributed by atoms with van der Waals surface area (Å²) in [6.45, 7) is 1.08. The number of rotatable bonds is 4. The van der Waals surface area contributed by atoms with Crippen LogP contribution in [0.4, 0.5) is 4.79 Å². The van der Waals surface area contributed by atoms with Crippen LogP contribution in [0.15, 0.2) is 54.6 Å². The number of ether oxygens (including phenoxy) is 2. The van der Waals surface area contributed by atoms with Crippen LogP contribution in [0.5, 0.6) is 5.75 Å². The first-order valence-electron chi connectivity index (χ1n) is 9.28. The average Bonchev–Trinajstić information content (AvgIpc) is 2.73. The van der Waals surface area contributed by atoms with E-state index in [1.165, 1.54) is 4.90 Å². The molecule has 2 unspecified atom stereocenters. The summed E-state index contributed by atoms with van der Waals surface area (Å²) in [5, 5.41) is 9.32. The maximum absolute atomic E-state index is 13.0. The Morgan fingerprint density at radius 3 is 2.68 bits per heavy atom. The normalized spacial score (nSPS) is 21.5. The summed E-state index contributed by atoms with van der Waals surface area (Å²) in [6.07, 6.45) is -1.27. The van der Waals surface area contributed by atoms with Crippen molar-refractivity contribution in [3.8, 4) is 5.75 Å². The number of hydrogen-bond acceptors (Lipinski definition) is 6. The van der Waals surface area contributed by atoms with Gasteiger partial charge in [0.1, 0.15) is 12.4 Å². The van der Waals surface area contributed by atoms with Crippen molar-refractivity contribution >= 4 is 11.9 Å². The molecule has 1 saturated heterocycles. The minimum absolute atomic E-state index is 0.0596. The first-order chi connectivity index (χ1) is 13.7. The van der Waals surface area contributed by atoms with E-state index in [0.717, 1.165) is 5.56 Å². The summed E-state index contributed by atoms with van der Waals surface area (Å²) >= 11 is 0. The van der Waals surface area contributed by atoms with E-state index in [-0.39, 0.29) is 25.7 Å². The van der Waals surface area contributed by atoms with Crippen LogP contribution in [-0.2, 0) is 11.3 Å². The van der Waals surface area contributed by atoms with Gasteiger partial charge >= 0.3 is 6.09 Å². The van der Waals surface area contributed by atoms with E-state index >= 15 is 0 Å². The van der Waals surface area contributed by atoms with Gasteiger partial charge < -0.3 is 14.6 Å². The molecule has 2 atom stereocenters. The number of carbonyl (C=O) groups excluding carboxylic acids is 2. The van der Waals surface area contributed by atoms with Gasteiger partial charge in [-0.15, -0.1) is 0 Å². The number of nitrogens with zero attached hydrogens (tertiary/aromatic N) is 2. The molecule has 0 aliphatic carbocycles. The number of aliphatic hydroxyl groups is 1. The van der Waals surface area contributed by atoms with Crippen LogP contribution < -0.4 is 4.74 Å². The predicted molar refractivity (Wildman–Crippen MR) is 101 cm³/mol. The van der Waals surface area contributed by atoms with Gasteiger partial charge in [0.05, 0.1) is 24.8 Å². The van der Waals surface area contributed by atoms with Gasteiger partial charge in [-0.2, -0.15) is 0 Å². The van der Waals surface area contributed by atoms with Crippen LogP contribution in [-0.4, -0.2) is 59.4 Å². The third-order valence-corrected chi connectivity index (χ3v) is 5.05. The van der Waals surface area contributed by atoms with Crippen molar-refractivity contribution in [3.63, 3.8) is 0 Å². The molecule has 1 N–H and O–H groups in total. The van der Waals surface area contributed by atoms with Crippen molar-refractivity contribution in [2.45, 2.75) is 12.8 Å². The molecule has 1 fully saturated rings. The van der Waals surface area contributed by atoms with E-state index in [0.29, 0.717) is 24.4 Å². The maximum atomic E-state index is 13.0. The Labute approximate surface area is 163 Å². The molecule has 28 heavy (non-hydrogen) atoms. The number of aliphatic hydroxyl groups excluding tert-OH is 1. The topological polar surface area (TPSA) is 79.3 Å². The van der Waals surface area contributed by atoms with Gasteiger partial charge in [0.25, 0.3) is 0 Å². The predicted octanol–water partition coefficient (Wildman–Crippen LogP) is 2.11. The molecule has 0 saturated carbocycles. The average molecular weight is 382 g/mol. The number of ketones is 1. The van der Waals surface area contributed by atoms with Gasteiger partial charge in [-0.25, -0.2) is 4.79 Å². The van der Waals surface area contributed by atoms with Crippen molar-refractivity contribution in [1.82, 2.24) is 9.80 Å². The number of fused-ring (bicyclic) bond motifs is 2. The summed E-state index contributed by atoms with van der Waals surface area (Å²) < 4.78 is 11.5. The molecule has 1 amide bonds. The Hall–Kier alpha value is -2.90.